The number of hydrogen-bond acceptors (Lipinski definition) is 14. The van der Waals surface area contributed by atoms with Crippen LogP contribution in [0.15, 0.2) is 261 Å². The highest BCUT2D eigenvalue weighted by Gasteiger charge is 2.53. The summed E-state index contributed by atoms with van der Waals surface area (Å²) in [7, 11) is 0. The largest absolute Gasteiger partial charge is 0.491 e. The molecular formula is C97H88FN15O9S2. The van der Waals surface area contributed by atoms with E-state index in [9.17, 15) is 33.2 Å². The van der Waals surface area contributed by atoms with Crippen LogP contribution in [0.2, 0.25) is 0 Å². The maximum Gasteiger partial charge on any atom is 0.329 e. The van der Waals surface area contributed by atoms with E-state index in [1.165, 1.54) is 12.1 Å². The number of carbonyl (C=O) groups excluding carboxylic acids is 6. The molecule has 624 valence electrons. The van der Waals surface area contributed by atoms with Crippen LogP contribution in [0.4, 0.5) is 59.5 Å². The molecule has 2 fully saturated rings. The zero-order chi connectivity index (χ0) is 87.6. The maximum atomic E-state index is 13.7. The maximum absolute atomic E-state index is 13.7. The van der Waals surface area contributed by atoms with Crippen LogP contribution in [0, 0.1) is 93.8 Å². The molecule has 0 aliphatic carbocycles. The van der Waals surface area contributed by atoms with Gasteiger partial charge in [-0.15, -0.1) is 0 Å². The zero-order valence-corrected chi connectivity index (χ0v) is 70.6. The smallest absolute Gasteiger partial charge is 0.329 e. The lowest BCUT2D eigenvalue weighted by Gasteiger charge is -2.34. The topological polar surface area (TPSA) is 312 Å². The number of nitrogens with one attached hydrogen (secondary N) is 5. The molecule has 0 unspecified atom stereocenters. The summed E-state index contributed by atoms with van der Waals surface area (Å²) in [4.78, 5) is 94.8. The van der Waals surface area contributed by atoms with Gasteiger partial charge in [-0.2, -0.15) is 42.8 Å². The minimum atomic E-state index is -1.35. The second kappa shape index (κ2) is 43.5. The van der Waals surface area contributed by atoms with Crippen molar-refractivity contribution in [3.05, 3.63) is 374 Å². The van der Waals surface area contributed by atoms with Gasteiger partial charge in [0.2, 0.25) is 11.8 Å². The Morgan fingerprint density at radius 3 is 1.33 bits per heavy atom. The molecule has 24 nitrogen and oxygen atoms in total. The highest BCUT2D eigenvalue weighted by Crippen LogP contribution is 2.36. The van der Waals surface area contributed by atoms with Crippen LogP contribution < -0.4 is 56.3 Å². The summed E-state index contributed by atoms with van der Waals surface area (Å²) in [5.41, 5.74) is 13.9. The summed E-state index contributed by atoms with van der Waals surface area (Å²) < 4.78 is 30.7. The Morgan fingerprint density at radius 1 is 0.492 bits per heavy atom. The summed E-state index contributed by atoms with van der Waals surface area (Å²) in [5, 5.41) is 41.6. The Bertz CT molecular complexity index is 5990. The quantitative estimate of drug-likeness (QED) is 0.0229. The van der Waals surface area contributed by atoms with Crippen molar-refractivity contribution in [3.8, 4) is 35.5 Å². The second-order valence-electron chi connectivity index (χ2n) is 29.0. The van der Waals surface area contributed by atoms with Gasteiger partial charge in [-0.1, -0.05) is 134 Å². The van der Waals surface area contributed by atoms with Crippen molar-refractivity contribution < 1.29 is 47.4 Å². The summed E-state index contributed by atoms with van der Waals surface area (Å²) in [6, 6.07) is 79.7. The van der Waals surface area contributed by atoms with E-state index in [4.69, 9.17) is 62.0 Å². The number of halogens is 1. The number of benzene rings is 11. The number of nitrogens with two attached hydrogens (primary N) is 1. The zero-order valence-electron chi connectivity index (χ0n) is 68.6. The third kappa shape index (κ3) is 23.6. The molecule has 7 N–H and O–H groups in total. The van der Waals surface area contributed by atoms with Gasteiger partial charge < -0.3 is 41.2 Å². The lowest BCUT2D eigenvalue weighted by molar-refractivity contribution is -0.123. The van der Waals surface area contributed by atoms with Crippen LogP contribution in [0.25, 0.3) is 19.4 Å². The lowest BCUT2D eigenvalue weighted by Crippen LogP contribution is -2.57. The number of likely N-dealkylation sites (N-methyl/N-ethyl adjacent to an activating group) is 1. The Labute approximate surface area is 733 Å². The fourth-order valence-electron chi connectivity index (χ4n) is 13.5. The summed E-state index contributed by atoms with van der Waals surface area (Å²) in [5.74, 6) is -0.200. The van der Waals surface area contributed by atoms with E-state index in [0.29, 0.717) is 110 Å². The number of anilines is 4. The van der Waals surface area contributed by atoms with Gasteiger partial charge in [-0.3, -0.25) is 24.5 Å². The van der Waals surface area contributed by atoms with Crippen molar-refractivity contribution in [1.82, 2.24) is 16.0 Å². The number of nitriles is 3. The molecule has 2 aliphatic rings. The van der Waals surface area contributed by atoms with Gasteiger partial charge in [0.1, 0.15) is 54.0 Å². The third-order valence-corrected chi connectivity index (χ3v) is 20.1. The SMILES string of the molecule is S.S.[C-]#[N+]c1ccc(N2C(=O)N[C@@](C)(COc3ccc(C#N)cc3)C2=O)cc1C.[C-]#[N+]c1ccc(N2C(=O)N[C@](COc3ccc(C#N)cc3)(Cc3ccccc3)C2=O)cc1C.[C-]#[N+]c1ccc(NC(=O)[C@@](N)(COc2ccc(C#N)cc2)Cc2ccccc2)cc1C.[C-]#[N+]c1ccc(NC(=O)[C@](CCc2ccc(F)cc2)(NCC)c2ccccc2)cc1C. The number of hydrogen-bond donors (Lipinski definition) is 6. The average Bonchev–Trinajstić information content (AvgIpc) is 1.63. The summed E-state index contributed by atoms with van der Waals surface area (Å²) in [6.07, 6.45) is 1.62. The number of ether oxygens (including phenoxy) is 3. The lowest BCUT2D eigenvalue weighted by atomic mass is 9.83. The summed E-state index contributed by atoms with van der Waals surface area (Å²) in [6.45, 7) is 39.9. The molecule has 11 aromatic rings. The number of carbonyl (C=O) groups is 6. The van der Waals surface area contributed by atoms with Gasteiger partial charge in [0, 0.05) is 24.2 Å². The van der Waals surface area contributed by atoms with E-state index < -0.39 is 46.0 Å². The fourth-order valence-corrected chi connectivity index (χ4v) is 13.5. The van der Waals surface area contributed by atoms with Crippen LogP contribution in [-0.4, -0.2) is 78.7 Å². The van der Waals surface area contributed by atoms with Crippen molar-refractivity contribution in [2.24, 2.45) is 5.73 Å². The number of urea groups is 2. The standard InChI is InChI=1S/C26H26FN3O.C26H20N4O3.C25H22N4O2.C20H16N4O3.2H2S/c1-4-29-26(21-8-6-5-7-9-21,17-16-20-10-12-22(27)13-11-20)25(31)30-23-14-15-24(28-3)19(2)18-23;1-18-14-21(10-13-23(18)28-2)30-24(31)26(29-25(30)32,15-19-6-4-3-5-7-19)17-33-22-11-8-20(16-27)9-12-22;1-18-14-21(10-13-23(18)28-2)29-24(30)25(27,15-19-6-4-3-5-7-19)17-31-22-11-8-20(16-26)9-12-22;1-13-10-15(6-9-17(13)22-3)24-18(25)20(2,23-19(24)26)12-27-16-7-4-14(11-21)5-8-16;;/h5-15,18,29H,4,16-17H2,1-2H3,(H,30,31);3-14H,15,17H2,1H3,(H,29,32);3-14H,15,17,27H2,1H3,(H,29,30);4-10H,12H2,1-2H3,(H,23,26);2*1H2/t2*26-;25-;20-;;/m1000../s1. The average molecular weight is 1690 g/mol. The molecule has 0 bridgehead atoms. The van der Waals surface area contributed by atoms with Crippen LogP contribution in [0.3, 0.4) is 0 Å². The number of aryl methyl sites for hydroxylation is 5. The molecule has 0 spiro atoms. The van der Waals surface area contributed by atoms with Gasteiger partial charge in [0.25, 0.3) is 11.8 Å². The van der Waals surface area contributed by atoms with E-state index in [1.807, 2.05) is 130 Å². The first-order valence-corrected chi connectivity index (χ1v) is 38.4. The highest BCUT2D eigenvalue weighted by atomic mass is 32.1. The Hall–Kier alpha value is -15.4. The molecule has 13 rings (SSSR count). The first-order valence-electron chi connectivity index (χ1n) is 38.4. The van der Waals surface area contributed by atoms with Crippen molar-refractivity contribution >= 4 is 108 Å². The van der Waals surface area contributed by atoms with Crippen LogP contribution in [-0.2, 0) is 44.0 Å². The molecule has 124 heavy (non-hydrogen) atoms. The Kier molecular flexibility index (Phi) is 33.0. The van der Waals surface area contributed by atoms with Crippen LogP contribution >= 0.6 is 27.0 Å². The molecule has 2 saturated heterocycles. The molecule has 27 heteroatoms. The molecule has 0 radical (unpaired) electrons. The van der Waals surface area contributed by atoms with E-state index in [1.54, 1.807) is 172 Å². The minimum absolute atomic E-state index is 0. The monoisotopic (exact) mass is 1690 g/mol. The Balaban J connectivity index is 0.000000204. The first kappa shape index (κ1) is 94.1. The van der Waals surface area contributed by atoms with Gasteiger partial charge in [-0.05, 0) is 232 Å². The second-order valence-corrected chi connectivity index (χ2v) is 29.0. The van der Waals surface area contributed by atoms with Gasteiger partial charge in [-0.25, -0.2) is 43.2 Å². The van der Waals surface area contributed by atoms with Crippen LogP contribution in [0.1, 0.15) is 81.5 Å². The predicted octanol–water partition coefficient (Wildman–Crippen LogP) is 18.2. The van der Waals surface area contributed by atoms with E-state index in [-0.39, 0.29) is 77.3 Å². The van der Waals surface area contributed by atoms with Crippen molar-refractivity contribution in [2.45, 2.75) is 89.4 Å². The van der Waals surface area contributed by atoms with E-state index >= 15 is 0 Å². The van der Waals surface area contributed by atoms with E-state index in [0.717, 1.165) is 43.2 Å². The molecule has 11 aromatic carbocycles. The number of imide groups is 2. The fraction of sp³-hybridized carbons (Fsp3) is 0.186. The molecule has 0 aromatic heterocycles. The van der Waals surface area contributed by atoms with Gasteiger partial charge in [0.15, 0.2) is 33.8 Å². The van der Waals surface area contributed by atoms with E-state index in [2.05, 4.69) is 52.0 Å². The molecule has 4 atom stereocenters. The number of rotatable bonds is 25. The normalized spacial score (nSPS) is 14.8. The first-order chi connectivity index (χ1) is 58.7. The van der Waals surface area contributed by atoms with Gasteiger partial charge in [0.05, 0.1) is 72.6 Å². The molecule has 8 amide bonds. The molecular weight excluding hydrogens is 1600 g/mol. The minimum Gasteiger partial charge on any atom is -0.491 e. The third-order valence-electron chi connectivity index (χ3n) is 20.1. The van der Waals surface area contributed by atoms with Crippen molar-refractivity contribution in [3.63, 3.8) is 0 Å². The predicted molar refractivity (Wildman–Crippen MR) is 485 cm³/mol. The molecule has 2 heterocycles. The molecule has 0 saturated carbocycles. The van der Waals surface area contributed by atoms with Crippen molar-refractivity contribution in [1.29, 1.82) is 15.8 Å². The van der Waals surface area contributed by atoms with Crippen molar-refractivity contribution in [2.75, 3.05) is 46.8 Å². The Morgan fingerprint density at radius 2 is 0.895 bits per heavy atom. The molecule has 2 aliphatic heterocycles. The summed E-state index contributed by atoms with van der Waals surface area (Å²) >= 11 is 0. The number of amides is 8. The van der Waals surface area contributed by atoms with Crippen LogP contribution in [0.5, 0.6) is 17.2 Å². The number of nitrogens with zero attached hydrogens (tertiary/aromatic N) is 9. The van der Waals surface area contributed by atoms with Gasteiger partial charge >= 0.3 is 12.1 Å². The highest BCUT2D eigenvalue weighted by molar-refractivity contribution is 7.59.